The van der Waals surface area contributed by atoms with Gasteiger partial charge in [0.25, 0.3) is 0 Å². The molecule has 7 nitrogen and oxygen atoms in total. The summed E-state index contributed by atoms with van der Waals surface area (Å²) >= 11 is 0. The molecule has 3 heterocycles. The Balaban J connectivity index is 1.35. The van der Waals surface area contributed by atoms with Crippen LogP contribution in [0.4, 0.5) is 23.1 Å². The number of aromatic amines is 1. The first-order valence-electron chi connectivity index (χ1n) is 9.48. The minimum absolute atomic E-state index is 0.000743. The molecular weight excluding hydrogens is 364 g/mol. The molecule has 7 heteroatoms. The van der Waals surface area contributed by atoms with Gasteiger partial charge < -0.3 is 20.9 Å². The number of carbonyl (C=O) groups excluding carboxylic acids is 1. The second-order valence-corrected chi connectivity index (χ2v) is 7.15. The topological polar surface area (TPSA) is 94.7 Å². The second-order valence-electron chi connectivity index (χ2n) is 7.15. The van der Waals surface area contributed by atoms with Gasteiger partial charge in [-0.3, -0.25) is 4.79 Å². The Morgan fingerprint density at radius 3 is 2.97 bits per heavy atom. The lowest BCUT2D eigenvalue weighted by Gasteiger charge is -2.12. The first-order chi connectivity index (χ1) is 14.1. The minimum Gasteiger partial charge on any atom is -0.366 e. The van der Waals surface area contributed by atoms with Crippen LogP contribution in [0.5, 0.6) is 0 Å². The molecule has 0 atom stereocenters. The first kappa shape index (κ1) is 17.2. The van der Waals surface area contributed by atoms with Crippen LogP contribution < -0.4 is 16.0 Å². The Morgan fingerprint density at radius 1 is 1.10 bits per heavy atom. The van der Waals surface area contributed by atoms with Gasteiger partial charge >= 0.3 is 0 Å². The summed E-state index contributed by atoms with van der Waals surface area (Å²) in [4.78, 5) is 24.0. The highest BCUT2D eigenvalue weighted by atomic mass is 16.1. The predicted molar refractivity (Wildman–Crippen MR) is 114 cm³/mol. The number of nitrogens with one attached hydrogen (secondary N) is 4. The molecule has 29 heavy (non-hydrogen) atoms. The molecule has 0 fully saturated rings. The summed E-state index contributed by atoms with van der Waals surface area (Å²) in [5.41, 5.74) is 5.76. The minimum atomic E-state index is 0.000743. The molecular formula is C22H20N6O. The number of nitrogens with zero attached hydrogens (tertiary/aromatic N) is 2. The maximum Gasteiger partial charge on any atom is 0.229 e. The highest BCUT2D eigenvalue weighted by Crippen LogP contribution is 2.31. The fraction of sp³-hybridized carbons (Fsp3) is 0.136. The Kier molecular flexibility index (Phi) is 4.13. The van der Waals surface area contributed by atoms with E-state index in [-0.39, 0.29) is 5.91 Å². The van der Waals surface area contributed by atoms with E-state index in [0.29, 0.717) is 18.9 Å². The summed E-state index contributed by atoms with van der Waals surface area (Å²) in [6.45, 7) is 2.59. The largest absolute Gasteiger partial charge is 0.366 e. The molecule has 0 aliphatic carbocycles. The van der Waals surface area contributed by atoms with E-state index in [1.54, 1.807) is 0 Å². The van der Waals surface area contributed by atoms with E-state index in [0.717, 1.165) is 39.5 Å². The number of anilines is 4. The number of benzene rings is 2. The van der Waals surface area contributed by atoms with Crippen LogP contribution in [0, 0.1) is 6.92 Å². The molecule has 4 N–H and O–H groups in total. The molecule has 0 spiro atoms. The fourth-order valence-corrected chi connectivity index (χ4v) is 3.60. The van der Waals surface area contributed by atoms with Crippen molar-refractivity contribution in [1.29, 1.82) is 0 Å². The number of fused-ring (bicyclic) bond motifs is 2. The molecule has 5 rings (SSSR count). The fourth-order valence-electron chi connectivity index (χ4n) is 3.60. The van der Waals surface area contributed by atoms with Crippen LogP contribution in [-0.4, -0.2) is 20.9 Å². The third-order valence-corrected chi connectivity index (χ3v) is 4.98. The van der Waals surface area contributed by atoms with Gasteiger partial charge in [-0.05, 0) is 42.1 Å². The molecule has 4 aromatic rings. The van der Waals surface area contributed by atoms with Crippen molar-refractivity contribution in [2.24, 2.45) is 0 Å². The number of amides is 1. The van der Waals surface area contributed by atoms with Crippen molar-refractivity contribution in [3.63, 3.8) is 0 Å². The van der Waals surface area contributed by atoms with Crippen molar-refractivity contribution in [1.82, 2.24) is 15.0 Å². The van der Waals surface area contributed by atoms with Crippen molar-refractivity contribution in [3.05, 3.63) is 71.5 Å². The summed E-state index contributed by atoms with van der Waals surface area (Å²) in [5, 5.41) is 10.7. The zero-order chi connectivity index (χ0) is 19.8. The van der Waals surface area contributed by atoms with Crippen LogP contribution in [0.2, 0.25) is 0 Å². The van der Waals surface area contributed by atoms with E-state index < -0.39 is 0 Å². The van der Waals surface area contributed by atoms with Crippen molar-refractivity contribution in [2.75, 3.05) is 16.0 Å². The summed E-state index contributed by atoms with van der Waals surface area (Å²) in [7, 11) is 0. The van der Waals surface area contributed by atoms with Gasteiger partial charge in [0.2, 0.25) is 11.9 Å². The molecule has 0 bridgehead atoms. The van der Waals surface area contributed by atoms with E-state index in [9.17, 15) is 4.79 Å². The van der Waals surface area contributed by atoms with Crippen molar-refractivity contribution in [3.8, 4) is 0 Å². The second kappa shape index (κ2) is 6.94. The molecule has 0 unspecified atom stereocenters. The standard InChI is InChI=1S/C22H20N6O/c1-13-9-20(24-12-14-5-6-15-7-8-23-19(15)10-14)28-22(25-13)27-18-4-2-3-17-16(18)11-21(29)26-17/h2-10,23H,11-12H2,1H3,(H,26,29)(H2,24,25,27,28). The highest BCUT2D eigenvalue weighted by Gasteiger charge is 2.20. The van der Waals surface area contributed by atoms with Gasteiger partial charge in [-0.2, -0.15) is 4.98 Å². The lowest BCUT2D eigenvalue weighted by Crippen LogP contribution is -2.06. The quantitative estimate of drug-likeness (QED) is 0.415. The van der Waals surface area contributed by atoms with Crippen LogP contribution >= 0.6 is 0 Å². The van der Waals surface area contributed by atoms with E-state index in [1.807, 2.05) is 37.4 Å². The molecule has 2 aromatic carbocycles. The molecule has 1 aliphatic heterocycles. The van der Waals surface area contributed by atoms with E-state index in [1.165, 1.54) is 5.39 Å². The number of hydrogen-bond donors (Lipinski definition) is 4. The summed E-state index contributed by atoms with van der Waals surface area (Å²) < 4.78 is 0. The molecule has 0 radical (unpaired) electrons. The Bertz CT molecular complexity index is 1230. The molecule has 1 aliphatic rings. The average Bonchev–Trinajstić information content (AvgIpc) is 3.31. The maximum absolute atomic E-state index is 11.7. The molecule has 1 amide bonds. The van der Waals surface area contributed by atoms with E-state index >= 15 is 0 Å². The molecule has 2 aromatic heterocycles. The highest BCUT2D eigenvalue weighted by molar-refractivity contribution is 6.01. The van der Waals surface area contributed by atoms with Crippen LogP contribution in [0.25, 0.3) is 10.9 Å². The zero-order valence-electron chi connectivity index (χ0n) is 15.9. The number of hydrogen-bond acceptors (Lipinski definition) is 5. The van der Waals surface area contributed by atoms with Crippen LogP contribution in [0.15, 0.2) is 54.7 Å². The summed E-state index contributed by atoms with van der Waals surface area (Å²) in [6, 6.07) is 16.0. The number of aromatic nitrogens is 3. The van der Waals surface area contributed by atoms with Crippen molar-refractivity contribution in [2.45, 2.75) is 19.9 Å². The zero-order valence-corrected chi connectivity index (χ0v) is 15.9. The van der Waals surface area contributed by atoms with Crippen LogP contribution in [0.1, 0.15) is 16.8 Å². The smallest absolute Gasteiger partial charge is 0.229 e. The Morgan fingerprint density at radius 2 is 2.03 bits per heavy atom. The van der Waals surface area contributed by atoms with Gasteiger partial charge in [-0.25, -0.2) is 4.98 Å². The van der Waals surface area contributed by atoms with Gasteiger partial charge in [-0.15, -0.1) is 0 Å². The number of H-pyrrole nitrogens is 1. The predicted octanol–water partition coefficient (Wildman–Crippen LogP) is 4.12. The molecule has 0 saturated carbocycles. The van der Waals surface area contributed by atoms with Gasteiger partial charge in [0.05, 0.1) is 6.42 Å². The lowest BCUT2D eigenvalue weighted by atomic mass is 10.1. The van der Waals surface area contributed by atoms with E-state index in [2.05, 4.69) is 55.2 Å². The molecule has 144 valence electrons. The number of carbonyl (C=O) groups is 1. The SMILES string of the molecule is Cc1cc(NCc2ccc3cc[nH]c3c2)nc(Nc2cccc3c2CC(=O)N3)n1. The Labute approximate surface area is 167 Å². The normalized spacial score (nSPS) is 12.7. The van der Waals surface area contributed by atoms with Gasteiger partial charge in [0.1, 0.15) is 5.82 Å². The number of aryl methyl sites for hydroxylation is 1. The summed E-state index contributed by atoms with van der Waals surface area (Å²) in [5.74, 6) is 1.24. The van der Waals surface area contributed by atoms with Gasteiger partial charge in [0.15, 0.2) is 0 Å². The monoisotopic (exact) mass is 384 g/mol. The van der Waals surface area contributed by atoms with Gasteiger partial charge in [-0.1, -0.05) is 18.2 Å². The lowest BCUT2D eigenvalue weighted by molar-refractivity contribution is -0.115. The third-order valence-electron chi connectivity index (χ3n) is 4.98. The van der Waals surface area contributed by atoms with Gasteiger partial charge in [0, 0.05) is 47.0 Å². The third kappa shape index (κ3) is 3.50. The van der Waals surface area contributed by atoms with E-state index in [4.69, 9.17) is 0 Å². The Hall–Kier alpha value is -3.87. The average molecular weight is 384 g/mol. The number of rotatable bonds is 5. The first-order valence-corrected chi connectivity index (χ1v) is 9.48. The van der Waals surface area contributed by atoms with Crippen molar-refractivity contribution >= 4 is 40.0 Å². The summed E-state index contributed by atoms with van der Waals surface area (Å²) in [6.07, 6.45) is 2.30. The maximum atomic E-state index is 11.7. The van der Waals surface area contributed by atoms with Crippen LogP contribution in [0.3, 0.4) is 0 Å². The van der Waals surface area contributed by atoms with Crippen molar-refractivity contribution < 1.29 is 4.79 Å². The molecule has 0 saturated heterocycles. The van der Waals surface area contributed by atoms with Crippen LogP contribution in [-0.2, 0) is 17.8 Å².